The Hall–Kier alpha value is -1.46. The molecule has 110 valence electrons. The summed E-state index contributed by atoms with van der Waals surface area (Å²) >= 11 is 0. The molecule has 5 heteroatoms. The van der Waals surface area contributed by atoms with Crippen LogP contribution in [0.15, 0.2) is 24.3 Å². The second-order valence-electron chi connectivity index (χ2n) is 5.25. The van der Waals surface area contributed by atoms with Crippen molar-refractivity contribution < 1.29 is 9.18 Å². The first kappa shape index (κ1) is 14.9. The minimum atomic E-state index is -0.383. The van der Waals surface area contributed by atoms with E-state index in [9.17, 15) is 9.18 Å². The van der Waals surface area contributed by atoms with Crippen LogP contribution >= 0.6 is 0 Å². The van der Waals surface area contributed by atoms with Gasteiger partial charge in [0.2, 0.25) is 5.91 Å². The Balaban J connectivity index is 2.10. The van der Waals surface area contributed by atoms with E-state index >= 15 is 0 Å². The summed E-state index contributed by atoms with van der Waals surface area (Å²) in [7, 11) is 1.92. The molecule has 2 atom stereocenters. The molecule has 1 aromatic carbocycles. The lowest BCUT2D eigenvalue weighted by Crippen LogP contribution is -2.49. The summed E-state index contributed by atoms with van der Waals surface area (Å²) in [5.41, 5.74) is 6.54. The largest absolute Gasteiger partial charge is 0.341 e. The number of carbonyl (C=O) groups excluding carboxylic acids is 1. The molecular formula is C15H22FN3O. The summed E-state index contributed by atoms with van der Waals surface area (Å²) in [5.74, 6) is -0.643. The van der Waals surface area contributed by atoms with Gasteiger partial charge in [0.15, 0.2) is 0 Å². The third-order valence-corrected chi connectivity index (χ3v) is 3.95. The fourth-order valence-corrected chi connectivity index (χ4v) is 2.71. The van der Waals surface area contributed by atoms with Crippen LogP contribution in [0, 0.1) is 5.82 Å². The normalized spacial score (nSPS) is 20.8. The maximum Gasteiger partial charge on any atom is 0.231 e. The number of halogens is 1. The second kappa shape index (κ2) is 6.81. The summed E-state index contributed by atoms with van der Waals surface area (Å²) < 4.78 is 13.0. The van der Waals surface area contributed by atoms with Crippen molar-refractivity contribution in [3.05, 3.63) is 35.6 Å². The zero-order chi connectivity index (χ0) is 14.5. The van der Waals surface area contributed by atoms with Crippen molar-refractivity contribution in [1.29, 1.82) is 0 Å². The maximum atomic E-state index is 13.0. The van der Waals surface area contributed by atoms with Gasteiger partial charge in [-0.15, -0.1) is 0 Å². The van der Waals surface area contributed by atoms with Crippen molar-refractivity contribution >= 4 is 5.91 Å². The minimum Gasteiger partial charge on any atom is -0.341 e. The molecule has 3 N–H and O–H groups in total. The first-order chi connectivity index (χ1) is 9.65. The molecule has 2 rings (SSSR count). The summed E-state index contributed by atoms with van der Waals surface area (Å²) in [6.45, 7) is 1.73. The van der Waals surface area contributed by atoms with Gasteiger partial charge in [0.25, 0.3) is 0 Å². The molecule has 1 fully saturated rings. The van der Waals surface area contributed by atoms with Crippen LogP contribution in [-0.2, 0) is 4.79 Å². The predicted molar refractivity (Wildman–Crippen MR) is 76.9 cm³/mol. The van der Waals surface area contributed by atoms with E-state index in [0.29, 0.717) is 12.6 Å². The van der Waals surface area contributed by atoms with E-state index in [2.05, 4.69) is 5.32 Å². The minimum absolute atomic E-state index is 0.0408. The number of hydrogen-bond acceptors (Lipinski definition) is 3. The van der Waals surface area contributed by atoms with Crippen molar-refractivity contribution in [2.24, 2.45) is 5.73 Å². The molecule has 0 saturated carbocycles. The number of hydrogen-bond donors (Lipinski definition) is 2. The van der Waals surface area contributed by atoms with Crippen LogP contribution in [0.2, 0.25) is 0 Å². The highest BCUT2D eigenvalue weighted by molar-refractivity contribution is 5.84. The molecule has 2 unspecified atom stereocenters. The van der Waals surface area contributed by atoms with Crippen LogP contribution in [0.1, 0.15) is 24.3 Å². The van der Waals surface area contributed by atoms with Crippen molar-refractivity contribution in [3.63, 3.8) is 0 Å². The van der Waals surface area contributed by atoms with E-state index < -0.39 is 0 Å². The highest BCUT2D eigenvalue weighted by Crippen LogP contribution is 2.21. The van der Waals surface area contributed by atoms with Crippen LogP contribution in [0.4, 0.5) is 4.39 Å². The molecule has 1 aromatic rings. The van der Waals surface area contributed by atoms with E-state index in [1.54, 1.807) is 12.1 Å². The number of nitrogens with one attached hydrogen (secondary N) is 1. The molecule has 1 heterocycles. The Kier molecular flexibility index (Phi) is 5.09. The number of likely N-dealkylation sites (N-methyl/N-ethyl adjacent to an activating group) is 1. The Morgan fingerprint density at radius 2 is 2.20 bits per heavy atom. The average molecular weight is 279 g/mol. The summed E-state index contributed by atoms with van der Waals surface area (Å²) in [4.78, 5) is 14.5. The smallest absolute Gasteiger partial charge is 0.231 e. The van der Waals surface area contributed by atoms with Gasteiger partial charge in [0, 0.05) is 25.7 Å². The number of benzene rings is 1. The number of nitrogens with zero attached hydrogens (tertiary/aromatic N) is 1. The highest BCUT2D eigenvalue weighted by atomic mass is 19.1. The van der Waals surface area contributed by atoms with Crippen LogP contribution in [0.3, 0.4) is 0 Å². The molecule has 0 radical (unpaired) electrons. The highest BCUT2D eigenvalue weighted by Gasteiger charge is 2.28. The van der Waals surface area contributed by atoms with Crippen LogP contribution in [-0.4, -0.2) is 43.5 Å². The van der Waals surface area contributed by atoms with Gasteiger partial charge < -0.3 is 16.0 Å². The van der Waals surface area contributed by atoms with Gasteiger partial charge in [-0.2, -0.15) is 0 Å². The monoisotopic (exact) mass is 279 g/mol. The fraction of sp³-hybridized carbons (Fsp3) is 0.533. The molecular weight excluding hydrogens is 257 g/mol. The van der Waals surface area contributed by atoms with Gasteiger partial charge in [-0.1, -0.05) is 12.1 Å². The van der Waals surface area contributed by atoms with Gasteiger partial charge in [-0.3, -0.25) is 4.79 Å². The van der Waals surface area contributed by atoms with Gasteiger partial charge in [-0.05, 0) is 37.6 Å². The number of carbonyl (C=O) groups is 1. The van der Waals surface area contributed by atoms with E-state index in [1.165, 1.54) is 12.1 Å². The SMILES string of the molecule is CNC1CCCN(C(=O)C(CN)c2ccc(F)cc2)C1. The van der Waals surface area contributed by atoms with Gasteiger partial charge in [-0.25, -0.2) is 4.39 Å². The lowest BCUT2D eigenvalue weighted by atomic mass is 9.96. The average Bonchev–Trinajstić information content (AvgIpc) is 2.50. The number of nitrogens with two attached hydrogens (primary N) is 1. The van der Waals surface area contributed by atoms with Crippen LogP contribution < -0.4 is 11.1 Å². The predicted octanol–water partition coefficient (Wildman–Crippen LogP) is 1.08. The van der Waals surface area contributed by atoms with Crippen LogP contribution in [0.25, 0.3) is 0 Å². The lowest BCUT2D eigenvalue weighted by molar-refractivity contribution is -0.133. The Bertz CT molecular complexity index is 449. The van der Waals surface area contributed by atoms with Gasteiger partial charge in [0.05, 0.1) is 5.92 Å². The number of rotatable bonds is 4. The lowest BCUT2D eigenvalue weighted by Gasteiger charge is -2.34. The Morgan fingerprint density at radius 1 is 1.50 bits per heavy atom. The van der Waals surface area contributed by atoms with Crippen molar-refractivity contribution in [3.8, 4) is 0 Å². The van der Waals surface area contributed by atoms with Gasteiger partial charge in [0.1, 0.15) is 5.82 Å². The third kappa shape index (κ3) is 3.35. The summed E-state index contributed by atoms with van der Waals surface area (Å²) in [5, 5.41) is 3.22. The van der Waals surface area contributed by atoms with Gasteiger partial charge >= 0.3 is 0 Å². The molecule has 0 bridgehead atoms. The fourth-order valence-electron chi connectivity index (χ4n) is 2.71. The Morgan fingerprint density at radius 3 is 2.80 bits per heavy atom. The van der Waals surface area contributed by atoms with Crippen molar-refractivity contribution in [2.75, 3.05) is 26.7 Å². The molecule has 1 saturated heterocycles. The summed E-state index contributed by atoms with van der Waals surface area (Å²) in [6.07, 6.45) is 2.09. The quantitative estimate of drug-likeness (QED) is 0.867. The maximum absolute atomic E-state index is 13.0. The van der Waals surface area contributed by atoms with Crippen molar-refractivity contribution in [2.45, 2.75) is 24.8 Å². The first-order valence-corrected chi connectivity index (χ1v) is 7.07. The number of piperidine rings is 1. The zero-order valence-corrected chi connectivity index (χ0v) is 11.8. The van der Waals surface area contributed by atoms with Crippen LogP contribution in [0.5, 0.6) is 0 Å². The standard InChI is InChI=1S/C15H22FN3O/c1-18-13-3-2-8-19(10-13)15(20)14(9-17)11-4-6-12(16)7-5-11/h4-7,13-14,18H,2-3,8-10,17H2,1H3. The molecule has 1 amide bonds. The molecule has 4 nitrogen and oxygen atoms in total. The third-order valence-electron chi connectivity index (χ3n) is 3.95. The van der Waals surface area contributed by atoms with Crippen molar-refractivity contribution in [1.82, 2.24) is 10.2 Å². The Labute approximate surface area is 119 Å². The van der Waals surface area contributed by atoms with E-state index in [1.807, 2.05) is 11.9 Å². The molecule has 1 aliphatic rings. The van der Waals surface area contributed by atoms with E-state index in [0.717, 1.165) is 24.9 Å². The summed E-state index contributed by atoms with van der Waals surface area (Å²) in [6, 6.07) is 6.38. The molecule has 20 heavy (non-hydrogen) atoms. The number of likely N-dealkylation sites (tertiary alicyclic amines) is 1. The first-order valence-electron chi connectivity index (χ1n) is 7.07. The zero-order valence-electron chi connectivity index (χ0n) is 11.8. The molecule has 0 aliphatic carbocycles. The molecule has 0 aromatic heterocycles. The molecule has 0 spiro atoms. The second-order valence-corrected chi connectivity index (χ2v) is 5.25. The molecule has 1 aliphatic heterocycles. The van der Waals surface area contributed by atoms with E-state index in [4.69, 9.17) is 5.73 Å². The topological polar surface area (TPSA) is 58.4 Å². The number of amides is 1. The van der Waals surface area contributed by atoms with E-state index in [-0.39, 0.29) is 24.2 Å².